The van der Waals surface area contributed by atoms with Crippen LogP contribution in [0.3, 0.4) is 0 Å². The lowest BCUT2D eigenvalue weighted by Crippen LogP contribution is -2.41. The molecule has 0 unspecified atom stereocenters. The van der Waals surface area contributed by atoms with Crippen LogP contribution in [0.4, 0.5) is 0 Å². The van der Waals surface area contributed by atoms with Gasteiger partial charge in [0.2, 0.25) is 11.7 Å². The Kier molecular flexibility index (Phi) is 5.74. The molecule has 0 aliphatic heterocycles. The molecule has 0 bridgehead atoms. The summed E-state index contributed by atoms with van der Waals surface area (Å²) in [5.74, 6) is 1.09. The third-order valence-corrected chi connectivity index (χ3v) is 5.69. The van der Waals surface area contributed by atoms with Crippen molar-refractivity contribution in [3.63, 3.8) is 0 Å². The number of aryl methyl sites for hydroxylation is 2. The van der Waals surface area contributed by atoms with Crippen molar-refractivity contribution >= 4 is 5.91 Å². The Hall–Kier alpha value is -2.95. The van der Waals surface area contributed by atoms with Gasteiger partial charge in [0, 0.05) is 17.2 Å². The van der Waals surface area contributed by atoms with E-state index in [1.165, 1.54) is 6.42 Å². The van der Waals surface area contributed by atoms with E-state index in [0.29, 0.717) is 18.3 Å². The molecular formula is C24H27N3O2. The largest absolute Gasteiger partial charge is 0.337 e. The van der Waals surface area contributed by atoms with Crippen molar-refractivity contribution in [2.45, 2.75) is 58.5 Å². The molecule has 1 aliphatic rings. The number of nitrogens with zero attached hydrogens (tertiary/aromatic N) is 3. The minimum absolute atomic E-state index is 0.0499. The van der Waals surface area contributed by atoms with Gasteiger partial charge in [-0.2, -0.15) is 4.98 Å². The molecule has 5 heteroatoms. The summed E-state index contributed by atoms with van der Waals surface area (Å²) in [4.78, 5) is 20.0. The Balaban J connectivity index is 1.61. The first-order valence-electron chi connectivity index (χ1n) is 10.4. The van der Waals surface area contributed by atoms with Gasteiger partial charge >= 0.3 is 0 Å². The summed E-state index contributed by atoms with van der Waals surface area (Å²) < 4.78 is 5.52. The molecule has 1 aromatic heterocycles. The van der Waals surface area contributed by atoms with Gasteiger partial charge in [0.05, 0.1) is 0 Å². The Bertz CT molecular complexity index is 975. The van der Waals surface area contributed by atoms with Gasteiger partial charge in [-0.05, 0) is 38.3 Å². The zero-order chi connectivity index (χ0) is 20.2. The van der Waals surface area contributed by atoms with Gasteiger partial charge in [0.15, 0.2) is 0 Å². The van der Waals surface area contributed by atoms with E-state index in [1.54, 1.807) is 0 Å². The van der Waals surface area contributed by atoms with Gasteiger partial charge in [-0.3, -0.25) is 4.79 Å². The van der Waals surface area contributed by atoms with Crippen molar-refractivity contribution in [2.75, 3.05) is 0 Å². The van der Waals surface area contributed by atoms with Crippen molar-refractivity contribution < 1.29 is 9.32 Å². The van der Waals surface area contributed by atoms with Crippen LogP contribution < -0.4 is 0 Å². The van der Waals surface area contributed by atoms with Gasteiger partial charge < -0.3 is 9.42 Å². The monoisotopic (exact) mass is 389 g/mol. The number of carbonyl (C=O) groups is 1. The van der Waals surface area contributed by atoms with Gasteiger partial charge in [-0.15, -0.1) is 0 Å². The fraction of sp³-hybridized carbons (Fsp3) is 0.375. The molecule has 0 atom stereocenters. The normalized spacial score (nSPS) is 14.7. The van der Waals surface area contributed by atoms with Crippen molar-refractivity contribution in [3.8, 4) is 11.4 Å². The Labute approximate surface area is 171 Å². The summed E-state index contributed by atoms with van der Waals surface area (Å²) >= 11 is 0. The topological polar surface area (TPSA) is 59.2 Å². The van der Waals surface area contributed by atoms with Crippen LogP contribution in [-0.2, 0) is 6.54 Å². The highest BCUT2D eigenvalue weighted by atomic mass is 16.5. The van der Waals surface area contributed by atoms with Crippen LogP contribution in [0.25, 0.3) is 11.4 Å². The van der Waals surface area contributed by atoms with Gasteiger partial charge in [-0.25, -0.2) is 0 Å². The molecule has 5 nitrogen and oxygen atoms in total. The molecule has 0 radical (unpaired) electrons. The maximum atomic E-state index is 13.5. The second-order valence-electron chi connectivity index (χ2n) is 7.92. The smallest absolute Gasteiger partial charge is 0.254 e. The number of carbonyl (C=O) groups excluding carboxylic acids is 1. The lowest BCUT2D eigenvalue weighted by Gasteiger charge is -2.34. The van der Waals surface area contributed by atoms with E-state index in [1.807, 2.05) is 61.2 Å². The predicted octanol–water partition coefficient (Wildman–Crippen LogP) is 5.33. The molecule has 1 aliphatic carbocycles. The van der Waals surface area contributed by atoms with Crippen LogP contribution in [0.5, 0.6) is 0 Å². The lowest BCUT2D eigenvalue weighted by molar-refractivity contribution is 0.0585. The molecule has 29 heavy (non-hydrogen) atoms. The van der Waals surface area contributed by atoms with Gasteiger partial charge in [0.1, 0.15) is 6.54 Å². The van der Waals surface area contributed by atoms with Crippen LogP contribution in [0.2, 0.25) is 0 Å². The zero-order valence-electron chi connectivity index (χ0n) is 17.1. The standard InChI is InChI=1S/C24H27N3O2/c1-17-13-14-21(18(2)15-17)24(28)27(20-11-7-4-8-12-20)16-22-25-23(26-29-22)19-9-5-3-6-10-19/h3,5-6,9-10,13-15,20H,4,7-8,11-12,16H2,1-2H3. The van der Waals surface area contributed by atoms with Gasteiger partial charge in [0.25, 0.3) is 5.91 Å². The summed E-state index contributed by atoms with van der Waals surface area (Å²) in [6.45, 7) is 4.39. The van der Waals surface area contributed by atoms with Crippen LogP contribution in [0, 0.1) is 13.8 Å². The van der Waals surface area contributed by atoms with Crippen molar-refractivity contribution in [3.05, 3.63) is 71.1 Å². The molecule has 0 N–H and O–H groups in total. The highest BCUT2D eigenvalue weighted by Crippen LogP contribution is 2.27. The molecule has 150 valence electrons. The number of amides is 1. The third kappa shape index (κ3) is 4.39. The van der Waals surface area contributed by atoms with Crippen LogP contribution in [-0.4, -0.2) is 27.0 Å². The number of benzene rings is 2. The fourth-order valence-corrected chi connectivity index (χ4v) is 4.14. The van der Waals surface area contributed by atoms with Crippen LogP contribution >= 0.6 is 0 Å². The van der Waals surface area contributed by atoms with Crippen LogP contribution in [0.15, 0.2) is 53.1 Å². The Morgan fingerprint density at radius 2 is 1.83 bits per heavy atom. The second kappa shape index (κ2) is 8.60. The van der Waals surface area contributed by atoms with Crippen molar-refractivity contribution in [1.82, 2.24) is 15.0 Å². The summed E-state index contributed by atoms with van der Waals surface area (Å²) in [5, 5.41) is 4.12. The van der Waals surface area contributed by atoms with Gasteiger partial charge in [-0.1, -0.05) is 72.4 Å². The van der Waals surface area contributed by atoms with E-state index in [2.05, 4.69) is 16.2 Å². The minimum Gasteiger partial charge on any atom is -0.337 e. The maximum absolute atomic E-state index is 13.5. The molecule has 3 aromatic rings. The molecule has 2 aromatic carbocycles. The second-order valence-corrected chi connectivity index (χ2v) is 7.92. The number of hydrogen-bond acceptors (Lipinski definition) is 4. The highest BCUT2D eigenvalue weighted by Gasteiger charge is 2.29. The minimum atomic E-state index is 0.0499. The summed E-state index contributed by atoms with van der Waals surface area (Å²) in [6, 6.07) is 16.0. The summed E-state index contributed by atoms with van der Waals surface area (Å²) in [6.07, 6.45) is 5.59. The molecule has 0 spiro atoms. The molecule has 1 heterocycles. The number of hydrogen-bond donors (Lipinski definition) is 0. The molecular weight excluding hydrogens is 362 g/mol. The SMILES string of the molecule is Cc1ccc(C(=O)N(Cc2nc(-c3ccccc3)no2)C2CCCCC2)c(C)c1. The number of aromatic nitrogens is 2. The third-order valence-electron chi connectivity index (χ3n) is 5.69. The summed E-state index contributed by atoms with van der Waals surface area (Å²) in [5.41, 5.74) is 3.83. The van der Waals surface area contributed by atoms with E-state index in [9.17, 15) is 4.79 Å². The average Bonchev–Trinajstić information content (AvgIpc) is 3.22. The van der Waals surface area contributed by atoms with E-state index in [4.69, 9.17) is 4.52 Å². The summed E-state index contributed by atoms with van der Waals surface area (Å²) in [7, 11) is 0. The molecule has 1 amide bonds. The number of rotatable bonds is 5. The molecule has 4 rings (SSSR count). The fourth-order valence-electron chi connectivity index (χ4n) is 4.14. The van der Waals surface area contributed by atoms with E-state index < -0.39 is 0 Å². The highest BCUT2D eigenvalue weighted by molar-refractivity contribution is 5.95. The lowest BCUT2D eigenvalue weighted by atomic mass is 9.93. The quantitative estimate of drug-likeness (QED) is 0.592. The predicted molar refractivity (Wildman–Crippen MR) is 112 cm³/mol. The van der Waals surface area contributed by atoms with Crippen molar-refractivity contribution in [1.29, 1.82) is 0 Å². The van der Waals surface area contributed by atoms with E-state index >= 15 is 0 Å². The van der Waals surface area contributed by atoms with E-state index in [0.717, 1.165) is 47.9 Å². The zero-order valence-corrected chi connectivity index (χ0v) is 17.1. The maximum Gasteiger partial charge on any atom is 0.254 e. The molecule has 1 saturated carbocycles. The molecule has 1 fully saturated rings. The Morgan fingerprint density at radius 3 is 2.55 bits per heavy atom. The Morgan fingerprint density at radius 1 is 1.07 bits per heavy atom. The first-order chi connectivity index (χ1) is 14.1. The molecule has 0 saturated heterocycles. The average molecular weight is 389 g/mol. The van der Waals surface area contributed by atoms with Crippen molar-refractivity contribution in [2.24, 2.45) is 0 Å². The van der Waals surface area contributed by atoms with Crippen LogP contribution in [0.1, 0.15) is 59.5 Å². The first-order valence-corrected chi connectivity index (χ1v) is 10.4. The van der Waals surface area contributed by atoms with E-state index in [-0.39, 0.29) is 11.9 Å². The first kappa shape index (κ1) is 19.4.